The third kappa shape index (κ3) is 5.15. The van der Waals surface area contributed by atoms with Gasteiger partial charge in [-0.05, 0) is 38.1 Å². The third-order valence-corrected chi connectivity index (χ3v) is 7.11. The summed E-state index contributed by atoms with van der Waals surface area (Å²) in [6.07, 6.45) is 4.62. The van der Waals surface area contributed by atoms with Gasteiger partial charge in [-0.3, -0.25) is 9.88 Å². The molecule has 0 spiro atoms. The number of nitrogens with one attached hydrogen (secondary N) is 1. The fourth-order valence-corrected chi connectivity index (χ4v) is 5.36. The quantitative estimate of drug-likeness (QED) is 0.579. The lowest BCUT2D eigenvalue weighted by Crippen LogP contribution is -2.45. The average Bonchev–Trinajstić information content (AvgIpc) is 2.80. The van der Waals surface area contributed by atoms with E-state index in [4.69, 9.17) is 9.47 Å². The fraction of sp³-hybridized carbons (Fsp3) is 0.348. The van der Waals surface area contributed by atoms with Gasteiger partial charge in [-0.2, -0.15) is 0 Å². The van der Waals surface area contributed by atoms with Crippen molar-refractivity contribution in [1.29, 1.82) is 0 Å². The zero-order valence-electron chi connectivity index (χ0n) is 17.5. The first-order chi connectivity index (χ1) is 15.1. The summed E-state index contributed by atoms with van der Waals surface area (Å²) in [5.74, 6) is 1.45. The number of aromatic nitrogens is 1. The minimum absolute atomic E-state index is 0.0876. The fourth-order valence-electron chi connectivity index (χ4n) is 3.88. The van der Waals surface area contributed by atoms with Crippen molar-refractivity contribution in [2.24, 2.45) is 0 Å². The maximum Gasteiger partial charge on any atom is 0.242 e. The maximum atomic E-state index is 13.0. The van der Waals surface area contributed by atoms with Gasteiger partial charge < -0.3 is 9.47 Å². The largest absolute Gasteiger partial charge is 0.493 e. The van der Waals surface area contributed by atoms with Crippen LogP contribution in [0, 0.1) is 0 Å². The van der Waals surface area contributed by atoms with Gasteiger partial charge in [0.1, 0.15) is 11.5 Å². The number of fused-ring (bicyclic) bond motifs is 1. The lowest BCUT2D eigenvalue weighted by Gasteiger charge is -2.32. The maximum absolute atomic E-state index is 13.0. The number of pyridine rings is 1. The Labute approximate surface area is 183 Å². The van der Waals surface area contributed by atoms with Crippen molar-refractivity contribution in [3.05, 3.63) is 60.9 Å². The second-order valence-corrected chi connectivity index (χ2v) is 9.28. The van der Waals surface area contributed by atoms with Crippen molar-refractivity contribution in [2.45, 2.75) is 23.8 Å². The van der Waals surface area contributed by atoms with Crippen molar-refractivity contribution in [1.82, 2.24) is 14.6 Å². The van der Waals surface area contributed by atoms with Crippen LogP contribution in [0.1, 0.15) is 12.8 Å². The van der Waals surface area contributed by atoms with Gasteiger partial charge in [-0.15, -0.1) is 0 Å². The normalized spacial score (nSPS) is 15.8. The highest BCUT2D eigenvalue weighted by Crippen LogP contribution is 2.26. The van der Waals surface area contributed by atoms with Gasteiger partial charge in [0.05, 0.1) is 7.11 Å². The third-order valence-electron chi connectivity index (χ3n) is 5.56. The molecule has 1 saturated heterocycles. The first kappa shape index (κ1) is 21.5. The van der Waals surface area contributed by atoms with Crippen LogP contribution in [0.2, 0.25) is 0 Å². The zero-order chi connectivity index (χ0) is 21.7. The summed E-state index contributed by atoms with van der Waals surface area (Å²) >= 11 is 0. The molecule has 2 aromatic carbocycles. The number of para-hydroxylation sites is 2. The van der Waals surface area contributed by atoms with E-state index >= 15 is 0 Å². The summed E-state index contributed by atoms with van der Waals surface area (Å²) in [7, 11) is -2.01. The highest BCUT2D eigenvalue weighted by molar-refractivity contribution is 7.89. The highest BCUT2D eigenvalue weighted by atomic mass is 32.2. The van der Waals surface area contributed by atoms with Gasteiger partial charge in [0.2, 0.25) is 10.0 Å². The Morgan fingerprint density at radius 1 is 1.03 bits per heavy atom. The minimum atomic E-state index is -3.63. The standard InChI is InChI=1S/C23H27N3O4S/c1-29-21-8-4-5-9-22(21)30-15-14-26-12-10-19(11-13-26)25-31(27,28)23-17-24-16-18-6-2-3-7-20(18)23/h2-9,16-17,19,25H,10-15H2,1H3. The number of likely N-dealkylation sites (tertiary alicyclic amines) is 1. The molecule has 8 heteroatoms. The number of nitrogens with zero attached hydrogens (tertiary/aromatic N) is 2. The van der Waals surface area contributed by atoms with Crippen LogP contribution in [0.3, 0.4) is 0 Å². The lowest BCUT2D eigenvalue weighted by atomic mass is 10.1. The van der Waals surface area contributed by atoms with E-state index in [0.29, 0.717) is 12.0 Å². The number of ether oxygens (including phenoxy) is 2. The molecule has 1 aliphatic heterocycles. The number of hydrogen-bond acceptors (Lipinski definition) is 6. The average molecular weight is 442 g/mol. The summed E-state index contributed by atoms with van der Waals surface area (Å²) in [6.45, 7) is 2.97. The SMILES string of the molecule is COc1ccccc1OCCN1CCC(NS(=O)(=O)c2cncc3ccccc23)CC1. The predicted octanol–water partition coefficient (Wildman–Crippen LogP) is 3.07. The van der Waals surface area contributed by atoms with Crippen LogP contribution in [0.5, 0.6) is 11.5 Å². The van der Waals surface area contributed by atoms with E-state index in [1.807, 2.05) is 48.5 Å². The molecule has 1 aromatic heterocycles. The van der Waals surface area contributed by atoms with Crippen LogP contribution in [0.25, 0.3) is 10.8 Å². The predicted molar refractivity (Wildman–Crippen MR) is 120 cm³/mol. The van der Waals surface area contributed by atoms with Crippen LogP contribution in [-0.2, 0) is 10.0 Å². The summed E-state index contributed by atoms with van der Waals surface area (Å²) in [6, 6.07) is 14.9. The molecule has 0 atom stereocenters. The molecule has 0 amide bonds. The number of methoxy groups -OCH3 is 1. The van der Waals surface area contributed by atoms with Crippen molar-refractivity contribution in [3.8, 4) is 11.5 Å². The molecule has 0 aliphatic carbocycles. The molecule has 1 aliphatic rings. The van der Waals surface area contributed by atoms with Crippen molar-refractivity contribution < 1.29 is 17.9 Å². The van der Waals surface area contributed by atoms with E-state index in [1.165, 1.54) is 6.20 Å². The van der Waals surface area contributed by atoms with Crippen molar-refractivity contribution >= 4 is 20.8 Å². The van der Waals surface area contributed by atoms with Gasteiger partial charge in [-0.25, -0.2) is 13.1 Å². The monoisotopic (exact) mass is 441 g/mol. The van der Waals surface area contributed by atoms with E-state index in [0.717, 1.165) is 49.4 Å². The summed E-state index contributed by atoms with van der Waals surface area (Å²) < 4.78 is 40.0. The van der Waals surface area contributed by atoms with Crippen molar-refractivity contribution in [2.75, 3.05) is 33.4 Å². The number of benzene rings is 2. The van der Waals surface area contributed by atoms with Crippen LogP contribution >= 0.6 is 0 Å². The molecule has 1 fully saturated rings. The molecule has 31 heavy (non-hydrogen) atoms. The Morgan fingerprint density at radius 2 is 1.74 bits per heavy atom. The van der Waals surface area contributed by atoms with Gasteiger partial charge in [0.15, 0.2) is 11.5 Å². The van der Waals surface area contributed by atoms with E-state index in [-0.39, 0.29) is 10.9 Å². The second kappa shape index (κ2) is 9.64. The number of sulfonamides is 1. The molecular weight excluding hydrogens is 414 g/mol. The van der Waals surface area contributed by atoms with Gasteiger partial charge in [-0.1, -0.05) is 36.4 Å². The van der Waals surface area contributed by atoms with Gasteiger partial charge in [0.25, 0.3) is 0 Å². The molecule has 4 rings (SSSR count). The molecule has 0 radical (unpaired) electrons. The number of piperidine rings is 1. The Morgan fingerprint density at radius 3 is 2.52 bits per heavy atom. The Balaban J connectivity index is 1.30. The van der Waals surface area contributed by atoms with Crippen LogP contribution < -0.4 is 14.2 Å². The molecule has 7 nitrogen and oxygen atoms in total. The van der Waals surface area contributed by atoms with Crippen LogP contribution in [0.4, 0.5) is 0 Å². The van der Waals surface area contributed by atoms with Crippen molar-refractivity contribution in [3.63, 3.8) is 0 Å². The van der Waals surface area contributed by atoms with E-state index in [9.17, 15) is 8.42 Å². The zero-order valence-corrected chi connectivity index (χ0v) is 18.3. The molecule has 2 heterocycles. The minimum Gasteiger partial charge on any atom is -0.493 e. The first-order valence-electron chi connectivity index (χ1n) is 10.4. The van der Waals surface area contributed by atoms with Gasteiger partial charge in [0, 0.05) is 35.8 Å². The Bertz CT molecular complexity index is 1120. The van der Waals surface area contributed by atoms with E-state index < -0.39 is 10.0 Å². The number of hydrogen-bond donors (Lipinski definition) is 1. The second-order valence-electron chi connectivity index (χ2n) is 7.60. The molecule has 3 aromatic rings. The Hall–Kier alpha value is -2.68. The Kier molecular flexibility index (Phi) is 6.70. The summed E-state index contributed by atoms with van der Waals surface area (Å²) in [5, 5.41) is 1.51. The smallest absolute Gasteiger partial charge is 0.242 e. The molecule has 1 N–H and O–H groups in total. The van der Waals surface area contributed by atoms with Crippen LogP contribution in [0.15, 0.2) is 65.8 Å². The lowest BCUT2D eigenvalue weighted by molar-refractivity contribution is 0.168. The van der Waals surface area contributed by atoms with Gasteiger partial charge >= 0.3 is 0 Å². The van der Waals surface area contributed by atoms with E-state index in [1.54, 1.807) is 13.3 Å². The topological polar surface area (TPSA) is 80.8 Å². The summed E-state index contributed by atoms with van der Waals surface area (Å²) in [5.41, 5.74) is 0. The first-order valence-corrected chi connectivity index (χ1v) is 11.9. The molecule has 164 valence electrons. The summed E-state index contributed by atoms with van der Waals surface area (Å²) in [4.78, 5) is 6.63. The molecule has 0 unspecified atom stereocenters. The molecule has 0 saturated carbocycles. The molecule has 0 bridgehead atoms. The van der Waals surface area contributed by atoms with E-state index in [2.05, 4.69) is 14.6 Å². The highest BCUT2D eigenvalue weighted by Gasteiger charge is 2.26. The van der Waals surface area contributed by atoms with Crippen LogP contribution in [-0.4, -0.2) is 57.7 Å². The number of rotatable bonds is 8. The molecular formula is C23H27N3O4S.